The minimum absolute atomic E-state index is 0.0392. The van der Waals surface area contributed by atoms with Crippen LogP contribution in [0.2, 0.25) is 0 Å². The normalized spacial score (nSPS) is 16.8. The molecule has 138 valence electrons. The summed E-state index contributed by atoms with van der Waals surface area (Å²) < 4.78 is 16.5. The van der Waals surface area contributed by atoms with Crippen LogP contribution in [-0.4, -0.2) is 53.7 Å². The van der Waals surface area contributed by atoms with Crippen molar-refractivity contribution in [3.8, 4) is 17.6 Å². The number of piperidine rings is 1. The molecule has 1 aliphatic rings. The van der Waals surface area contributed by atoms with E-state index in [1.54, 1.807) is 18.3 Å². The second-order valence-corrected chi connectivity index (χ2v) is 5.94. The summed E-state index contributed by atoms with van der Waals surface area (Å²) in [5.74, 6) is 1.03. The number of methoxy groups -OCH3 is 1. The molecule has 1 aromatic heterocycles. The van der Waals surface area contributed by atoms with Crippen molar-refractivity contribution >= 4 is 5.91 Å². The van der Waals surface area contributed by atoms with E-state index in [2.05, 4.69) is 9.97 Å². The largest absolute Gasteiger partial charge is 0.493 e. The van der Waals surface area contributed by atoms with Gasteiger partial charge in [-0.05, 0) is 31.9 Å². The van der Waals surface area contributed by atoms with Crippen molar-refractivity contribution in [2.24, 2.45) is 0 Å². The van der Waals surface area contributed by atoms with E-state index in [0.717, 1.165) is 12.8 Å². The van der Waals surface area contributed by atoms with Gasteiger partial charge in [0.2, 0.25) is 5.88 Å². The molecule has 7 heteroatoms. The molecule has 26 heavy (non-hydrogen) atoms. The first kappa shape index (κ1) is 18.0. The molecule has 2 heterocycles. The van der Waals surface area contributed by atoms with E-state index < -0.39 is 0 Å². The number of carbonyl (C=O) groups is 1. The lowest BCUT2D eigenvalue weighted by Crippen LogP contribution is -2.44. The highest BCUT2D eigenvalue weighted by Crippen LogP contribution is 2.23. The fraction of sp³-hybridized carbons (Fsp3) is 0.421. The number of likely N-dealkylation sites (tertiary alicyclic amines) is 1. The number of carbonyl (C=O) groups excluding carboxylic acids is 1. The van der Waals surface area contributed by atoms with Crippen LogP contribution in [-0.2, 0) is 0 Å². The Morgan fingerprint density at radius 2 is 2.15 bits per heavy atom. The maximum atomic E-state index is 12.9. The van der Waals surface area contributed by atoms with Crippen molar-refractivity contribution in [1.82, 2.24) is 14.9 Å². The Hall–Kier alpha value is -2.83. The summed E-state index contributed by atoms with van der Waals surface area (Å²) in [6.45, 7) is 3.63. The highest BCUT2D eigenvalue weighted by Gasteiger charge is 2.27. The van der Waals surface area contributed by atoms with E-state index in [9.17, 15) is 4.79 Å². The molecule has 0 bridgehead atoms. The smallest absolute Gasteiger partial charge is 0.319 e. The molecule has 0 saturated carbocycles. The first-order valence-electron chi connectivity index (χ1n) is 8.76. The number of ether oxygens (including phenoxy) is 3. The van der Waals surface area contributed by atoms with Crippen molar-refractivity contribution in [2.45, 2.75) is 25.9 Å². The third-order valence-electron chi connectivity index (χ3n) is 4.16. The van der Waals surface area contributed by atoms with Crippen molar-refractivity contribution in [2.75, 3.05) is 26.8 Å². The van der Waals surface area contributed by atoms with Gasteiger partial charge in [0.05, 0.1) is 25.8 Å². The van der Waals surface area contributed by atoms with Gasteiger partial charge < -0.3 is 19.1 Å². The van der Waals surface area contributed by atoms with Crippen LogP contribution in [0, 0.1) is 0 Å². The molecule has 0 spiro atoms. The Balaban J connectivity index is 1.69. The summed E-state index contributed by atoms with van der Waals surface area (Å²) in [6, 6.07) is 9.28. The molecule has 1 fully saturated rings. The monoisotopic (exact) mass is 357 g/mol. The summed E-state index contributed by atoms with van der Waals surface area (Å²) in [5, 5.41) is 0. The number of hydrogen-bond donors (Lipinski definition) is 0. The molecular weight excluding hydrogens is 334 g/mol. The van der Waals surface area contributed by atoms with Gasteiger partial charge in [0.15, 0.2) is 0 Å². The second kappa shape index (κ2) is 8.51. The molecule has 1 aliphatic heterocycles. The summed E-state index contributed by atoms with van der Waals surface area (Å²) in [5.41, 5.74) is 0.582. The predicted molar refractivity (Wildman–Crippen MR) is 95.7 cm³/mol. The molecule has 1 unspecified atom stereocenters. The Bertz CT molecular complexity index is 753. The number of amides is 1. The van der Waals surface area contributed by atoms with Crippen molar-refractivity contribution in [3.05, 3.63) is 42.1 Å². The highest BCUT2D eigenvalue weighted by molar-refractivity contribution is 5.97. The number of rotatable bonds is 6. The number of aromatic nitrogens is 2. The van der Waals surface area contributed by atoms with Crippen LogP contribution in [0.4, 0.5) is 0 Å². The Kier molecular flexibility index (Phi) is 5.88. The van der Waals surface area contributed by atoms with Gasteiger partial charge in [-0.25, -0.2) is 4.98 Å². The zero-order chi connectivity index (χ0) is 18.4. The lowest BCUT2D eigenvalue weighted by molar-refractivity contribution is 0.0522. The molecular formula is C19H23N3O4. The molecule has 0 radical (unpaired) electrons. The van der Waals surface area contributed by atoms with Crippen LogP contribution in [0.15, 0.2) is 36.5 Å². The topological polar surface area (TPSA) is 73.8 Å². The van der Waals surface area contributed by atoms with Gasteiger partial charge in [-0.1, -0.05) is 12.1 Å². The SMILES string of the molecule is CCOc1ccccc1C(=O)N1CCCC(Oc2ccnc(OC)n2)C1. The van der Waals surface area contributed by atoms with Gasteiger partial charge in [0.25, 0.3) is 5.91 Å². The molecule has 1 aromatic carbocycles. The zero-order valence-electron chi connectivity index (χ0n) is 15.1. The molecule has 1 saturated heterocycles. The van der Waals surface area contributed by atoms with E-state index in [1.807, 2.05) is 30.0 Å². The number of hydrogen-bond acceptors (Lipinski definition) is 6. The fourth-order valence-electron chi connectivity index (χ4n) is 2.97. The average molecular weight is 357 g/mol. The molecule has 1 atom stereocenters. The predicted octanol–water partition coefficient (Wildman–Crippen LogP) is 2.57. The maximum absolute atomic E-state index is 12.9. The van der Waals surface area contributed by atoms with Gasteiger partial charge in [0, 0.05) is 18.8 Å². The van der Waals surface area contributed by atoms with Crippen molar-refractivity contribution < 1.29 is 19.0 Å². The molecule has 0 aliphatic carbocycles. The van der Waals surface area contributed by atoms with Crippen LogP contribution >= 0.6 is 0 Å². The third kappa shape index (κ3) is 4.22. The van der Waals surface area contributed by atoms with Gasteiger partial charge in [-0.3, -0.25) is 4.79 Å². The van der Waals surface area contributed by atoms with E-state index in [-0.39, 0.29) is 18.0 Å². The number of nitrogens with zero attached hydrogens (tertiary/aromatic N) is 3. The molecule has 2 aromatic rings. The molecule has 0 N–H and O–H groups in total. The van der Waals surface area contributed by atoms with Crippen molar-refractivity contribution in [1.29, 1.82) is 0 Å². The zero-order valence-corrected chi connectivity index (χ0v) is 15.1. The molecule has 3 rings (SSSR count). The minimum atomic E-state index is -0.119. The first-order chi connectivity index (χ1) is 12.7. The Morgan fingerprint density at radius 3 is 2.96 bits per heavy atom. The quantitative estimate of drug-likeness (QED) is 0.791. The Morgan fingerprint density at radius 1 is 1.31 bits per heavy atom. The lowest BCUT2D eigenvalue weighted by atomic mass is 10.1. The molecule has 7 nitrogen and oxygen atoms in total. The Labute approximate surface area is 152 Å². The van der Waals surface area contributed by atoms with Gasteiger partial charge in [0.1, 0.15) is 11.9 Å². The minimum Gasteiger partial charge on any atom is -0.493 e. The first-order valence-corrected chi connectivity index (χ1v) is 8.76. The summed E-state index contributed by atoms with van der Waals surface area (Å²) in [6.07, 6.45) is 3.20. The van der Waals surface area contributed by atoms with Crippen LogP contribution < -0.4 is 14.2 Å². The standard InChI is InChI=1S/C19H23N3O4/c1-3-25-16-9-5-4-8-15(16)18(23)22-12-6-7-14(13-22)26-17-10-11-20-19(21-17)24-2/h4-5,8-11,14H,3,6-7,12-13H2,1-2H3. The van der Waals surface area contributed by atoms with Crippen molar-refractivity contribution in [3.63, 3.8) is 0 Å². The third-order valence-corrected chi connectivity index (χ3v) is 4.16. The summed E-state index contributed by atoms with van der Waals surface area (Å²) in [4.78, 5) is 22.9. The lowest BCUT2D eigenvalue weighted by Gasteiger charge is -2.33. The average Bonchev–Trinajstić information content (AvgIpc) is 2.68. The number of para-hydroxylation sites is 1. The second-order valence-electron chi connectivity index (χ2n) is 5.94. The maximum Gasteiger partial charge on any atom is 0.319 e. The number of benzene rings is 1. The van der Waals surface area contributed by atoms with Gasteiger partial charge in [-0.2, -0.15) is 4.98 Å². The highest BCUT2D eigenvalue weighted by atomic mass is 16.5. The van der Waals surface area contributed by atoms with Gasteiger partial charge >= 0.3 is 6.01 Å². The van der Waals surface area contributed by atoms with Crippen LogP contribution in [0.3, 0.4) is 0 Å². The van der Waals surface area contributed by atoms with Crippen LogP contribution in [0.25, 0.3) is 0 Å². The van der Waals surface area contributed by atoms with E-state index in [1.165, 1.54) is 7.11 Å². The van der Waals surface area contributed by atoms with Crippen LogP contribution in [0.1, 0.15) is 30.1 Å². The van der Waals surface area contributed by atoms with E-state index >= 15 is 0 Å². The summed E-state index contributed by atoms with van der Waals surface area (Å²) >= 11 is 0. The summed E-state index contributed by atoms with van der Waals surface area (Å²) in [7, 11) is 1.51. The molecule has 1 amide bonds. The van der Waals surface area contributed by atoms with E-state index in [0.29, 0.717) is 36.9 Å². The van der Waals surface area contributed by atoms with Crippen LogP contribution in [0.5, 0.6) is 17.6 Å². The van der Waals surface area contributed by atoms with Gasteiger partial charge in [-0.15, -0.1) is 0 Å². The fourth-order valence-corrected chi connectivity index (χ4v) is 2.97. The van der Waals surface area contributed by atoms with E-state index in [4.69, 9.17) is 14.2 Å².